The van der Waals surface area contributed by atoms with Crippen LogP contribution < -0.4 is 0 Å². The molecule has 0 amide bonds. The second-order valence-corrected chi connectivity index (χ2v) is 1.15. The second-order valence-electron chi connectivity index (χ2n) is 0.742. The minimum absolute atomic E-state index is 0. The second kappa shape index (κ2) is 7.58. The third-order valence-electron chi connectivity index (χ3n) is 0.241. The SMILES string of the molecule is O=[SH]OCC(=O)O.[NaH]. The number of hydrogen-bond donors (Lipinski definition) is 2. The van der Waals surface area contributed by atoms with Gasteiger partial charge in [0.25, 0.3) is 0 Å². The standard InChI is InChI=1S/C2H4O4S.Na.H/c3-2(4)1-6-7-5;;/h7H,1H2,(H,3,4);;. The summed E-state index contributed by atoms with van der Waals surface area (Å²) in [5.41, 5.74) is 0. The van der Waals surface area contributed by atoms with Crippen LogP contribution in [0.2, 0.25) is 0 Å². The Morgan fingerprint density at radius 2 is 2.25 bits per heavy atom. The molecule has 44 valence electrons. The monoisotopic (exact) mass is 148 g/mol. The number of carboxylic acid groups (broad SMARTS) is 1. The first-order chi connectivity index (χ1) is 3.27. The minimum atomic E-state index is -1.12. The van der Waals surface area contributed by atoms with Crippen molar-refractivity contribution in [1.82, 2.24) is 0 Å². The van der Waals surface area contributed by atoms with Crippen LogP contribution in [0.5, 0.6) is 0 Å². The molecule has 0 heterocycles. The summed E-state index contributed by atoms with van der Waals surface area (Å²) in [6.45, 7) is -0.509. The predicted molar refractivity (Wildman–Crippen MR) is 30.3 cm³/mol. The van der Waals surface area contributed by atoms with Crippen LogP contribution in [0.15, 0.2) is 0 Å². The molecule has 0 radical (unpaired) electrons. The van der Waals surface area contributed by atoms with Gasteiger partial charge in [-0.2, -0.15) is 0 Å². The van der Waals surface area contributed by atoms with Gasteiger partial charge in [-0.3, -0.25) is 4.18 Å². The molecule has 0 aromatic carbocycles. The summed E-state index contributed by atoms with van der Waals surface area (Å²) in [6.07, 6.45) is 0. The summed E-state index contributed by atoms with van der Waals surface area (Å²) in [7, 11) is 0. The first kappa shape index (κ1) is 11.4. The molecule has 0 aromatic heterocycles. The Morgan fingerprint density at radius 3 is 2.38 bits per heavy atom. The van der Waals surface area contributed by atoms with Crippen molar-refractivity contribution < 1.29 is 18.3 Å². The van der Waals surface area contributed by atoms with E-state index in [0.29, 0.717) is 0 Å². The van der Waals surface area contributed by atoms with E-state index in [2.05, 4.69) is 4.18 Å². The fourth-order valence-corrected chi connectivity index (χ4v) is 0.245. The molecule has 0 atom stereocenters. The number of carbonyl (C=O) groups is 1. The van der Waals surface area contributed by atoms with Gasteiger partial charge >= 0.3 is 35.5 Å². The Balaban J connectivity index is 0. The van der Waals surface area contributed by atoms with E-state index in [4.69, 9.17) is 5.11 Å². The van der Waals surface area contributed by atoms with E-state index in [1.807, 2.05) is 0 Å². The number of thiol groups is 1. The van der Waals surface area contributed by atoms with Gasteiger partial charge in [0, 0.05) is 0 Å². The molecule has 1 N–H and O–H groups in total. The topological polar surface area (TPSA) is 63.6 Å². The number of rotatable bonds is 3. The van der Waals surface area contributed by atoms with E-state index in [1.165, 1.54) is 0 Å². The first-order valence-corrected chi connectivity index (χ1v) is 2.17. The fourth-order valence-electron chi connectivity index (χ4n) is 0.0816. The Kier molecular flexibility index (Phi) is 10.8. The van der Waals surface area contributed by atoms with Gasteiger partial charge in [-0.15, -0.1) is 0 Å². The number of carboxylic acids is 1. The zero-order valence-corrected chi connectivity index (χ0v) is 4.22. The van der Waals surface area contributed by atoms with Gasteiger partial charge in [0.15, 0.2) is 6.61 Å². The van der Waals surface area contributed by atoms with E-state index in [-0.39, 0.29) is 29.6 Å². The van der Waals surface area contributed by atoms with Crippen LogP contribution in [0, 0.1) is 0 Å². The maximum absolute atomic E-state index is 9.49. The average Bonchev–Trinajstić information content (AvgIpc) is 1.61. The molecule has 0 aliphatic rings. The van der Waals surface area contributed by atoms with Crippen LogP contribution in [0.4, 0.5) is 0 Å². The molecule has 0 saturated heterocycles. The number of aliphatic carboxylic acids is 1. The summed E-state index contributed by atoms with van der Waals surface area (Å²) in [5.74, 6) is -1.12. The molecule has 4 nitrogen and oxygen atoms in total. The molecule has 8 heavy (non-hydrogen) atoms. The summed E-state index contributed by atoms with van der Waals surface area (Å²) < 4.78 is 13.2. The van der Waals surface area contributed by atoms with Crippen molar-refractivity contribution in [1.29, 1.82) is 0 Å². The summed E-state index contributed by atoms with van der Waals surface area (Å²) in [4.78, 5) is 9.49. The maximum atomic E-state index is 9.49. The van der Waals surface area contributed by atoms with Gasteiger partial charge in [0.1, 0.15) is 11.9 Å². The summed E-state index contributed by atoms with van der Waals surface area (Å²) in [6, 6.07) is 0. The van der Waals surface area contributed by atoms with Crippen molar-refractivity contribution in [3.63, 3.8) is 0 Å². The van der Waals surface area contributed by atoms with Crippen LogP contribution in [0.3, 0.4) is 0 Å². The molecular formula is C2H5NaO4S. The van der Waals surface area contributed by atoms with E-state index in [1.54, 1.807) is 0 Å². The van der Waals surface area contributed by atoms with Crippen LogP contribution >= 0.6 is 0 Å². The van der Waals surface area contributed by atoms with E-state index < -0.39 is 24.5 Å². The Hall–Kier alpha value is 0.580. The quantitative estimate of drug-likeness (QED) is 0.370. The average molecular weight is 148 g/mol. The van der Waals surface area contributed by atoms with Crippen LogP contribution in [0.1, 0.15) is 0 Å². The van der Waals surface area contributed by atoms with Gasteiger partial charge in [0.2, 0.25) is 0 Å². The van der Waals surface area contributed by atoms with Gasteiger partial charge < -0.3 is 5.11 Å². The van der Waals surface area contributed by atoms with E-state index >= 15 is 0 Å². The molecule has 0 unspecified atom stereocenters. The molecule has 0 aromatic rings. The Bertz CT molecular complexity index is 84.1. The predicted octanol–water partition coefficient (Wildman–Crippen LogP) is -1.70. The van der Waals surface area contributed by atoms with E-state index in [0.717, 1.165) is 0 Å². The normalized spacial score (nSPS) is 7.50. The fraction of sp³-hybridized carbons (Fsp3) is 0.500. The van der Waals surface area contributed by atoms with E-state index in [9.17, 15) is 9.00 Å². The molecular weight excluding hydrogens is 143 g/mol. The summed E-state index contributed by atoms with van der Waals surface area (Å²) in [5, 5.41) is 7.78. The Morgan fingerprint density at radius 1 is 1.75 bits per heavy atom. The third kappa shape index (κ3) is 9.77. The van der Waals surface area contributed by atoms with Gasteiger partial charge in [0.05, 0.1) is 0 Å². The molecule has 0 fully saturated rings. The van der Waals surface area contributed by atoms with Crippen LogP contribution in [0.25, 0.3) is 0 Å². The van der Waals surface area contributed by atoms with Crippen molar-refractivity contribution in [2.75, 3.05) is 6.61 Å². The van der Waals surface area contributed by atoms with Gasteiger partial charge in [-0.25, -0.2) is 9.00 Å². The van der Waals surface area contributed by atoms with Crippen molar-refractivity contribution in [2.45, 2.75) is 0 Å². The van der Waals surface area contributed by atoms with Crippen molar-refractivity contribution in [2.24, 2.45) is 0 Å². The third-order valence-corrected chi connectivity index (χ3v) is 0.475. The molecule has 6 heteroatoms. The molecule has 0 bridgehead atoms. The number of hydrogen-bond acceptors (Lipinski definition) is 3. The van der Waals surface area contributed by atoms with Crippen molar-refractivity contribution in [3.8, 4) is 0 Å². The zero-order valence-electron chi connectivity index (χ0n) is 3.33. The molecule has 0 saturated carbocycles. The zero-order chi connectivity index (χ0) is 5.70. The Labute approximate surface area is 72.2 Å². The molecule has 0 aliphatic carbocycles. The molecule has 0 spiro atoms. The van der Waals surface area contributed by atoms with Crippen molar-refractivity contribution in [3.05, 3.63) is 0 Å². The van der Waals surface area contributed by atoms with Gasteiger partial charge in [-0.1, -0.05) is 0 Å². The van der Waals surface area contributed by atoms with Crippen LogP contribution in [-0.4, -0.2) is 51.4 Å². The summed E-state index contributed by atoms with van der Waals surface area (Å²) >= 11 is -0.591. The van der Waals surface area contributed by atoms with Crippen molar-refractivity contribution >= 4 is 47.5 Å². The molecule has 0 rings (SSSR count). The van der Waals surface area contributed by atoms with Gasteiger partial charge in [-0.05, 0) is 0 Å². The first-order valence-electron chi connectivity index (χ1n) is 1.44. The van der Waals surface area contributed by atoms with Crippen LogP contribution in [-0.2, 0) is 20.9 Å². The molecule has 0 aliphatic heterocycles.